The summed E-state index contributed by atoms with van der Waals surface area (Å²) in [5.41, 5.74) is 2.25. The zero-order chi connectivity index (χ0) is 8.12. The molecule has 0 aliphatic rings. The van der Waals surface area contributed by atoms with Crippen molar-refractivity contribution < 1.29 is 9.59 Å². The first-order valence-electron chi connectivity index (χ1n) is 1.62. The lowest BCUT2D eigenvalue weighted by molar-refractivity contribution is 0.562. The van der Waals surface area contributed by atoms with Gasteiger partial charge in [-0.25, -0.2) is 20.4 Å². The molecule has 0 fully saturated rings. The lowest BCUT2D eigenvalue weighted by atomic mass is 11.0. The van der Waals surface area contributed by atoms with Crippen LogP contribution < -0.4 is 0 Å². The van der Waals surface area contributed by atoms with Gasteiger partial charge in [-0.2, -0.15) is 0 Å². The third kappa shape index (κ3) is 38.9. The van der Waals surface area contributed by atoms with Gasteiger partial charge in [0, 0.05) is 0 Å². The summed E-state index contributed by atoms with van der Waals surface area (Å²) in [6.07, 6.45) is 1.50. The molecule has 0 heterocycles. The van der Waals surface area contributed by atoms with E-state index >= 15 is 0 Å². The van der Waals surface area contributed by atoms with Crippen LogP contribution in [0.25, 0.3) is 0 Å². The monoisotopic (exact) mass is 126 g/mol. The molecule has 0 aromatic carbocycles. The van der Waals surface area contributed by atoms with Gasteiger partial charge < -0.3 is 0 Å². The van der Waals surface area contributed by atoms with Gasteiger partial charge in [0.25, 0.3) is 0 Å². The van der Waals surface area contributed by atoms with Crippen molar-refractivity contribution in [1.29, 1.82) is 10.8 Å². The van der Waals surface area contributed by atoms with Crippen LogP contribution in [0.2, 0.25) is 0 Å². The molecule has 0 aromatic rings. The third-order valence-corrected chi connectivity index (χ3v) is 0. The number of carbonyl (C=O) groups excluding carboxylic acids is 2. The smallest absolute Gasteiger partial charge is 0.222 e. The number of hydrogen-bond acceptors (Lipinski definition) is 4. The Morgan fingerprint density at radius 1 is 1.00 bits per heavy atom. The summed E-state index contributed by atoms with van der Waals surface area (Å²) in [4.78, 5) is 16.7. The summed E-state index contributed by atoms with van der Waals surface area (Å²) in [7, 11) is 0. The zero-order valence-corrected chi connectivity index (χ0v) is 4.73. The van der Waals surface area contributed by atoms with Crippen molar-refractivity contribution in [2.75, 3.05) is 0 Å². The molecule has 0 atom stereocenters. The molecule has 0 saturated carbocycles. The second kappa shape index (κ2) is 107. The van der Waals surface area contributed by atoms with E-state index in [2.05, 4.69) is 18.9 Å². The predicted molar refractivity (Wildman–Crippen MR) is 31.6 cm³/mol. The summed E-state index contributed by atoms with van der Waals surface area (Å²) in [6, 6.07) is 0. The molecule has 9 heavy (non-hydrogen) atoms. The Morgan fingerprint density at radius 2 is 1.00 bits per heavy atom. The van der Waals surface area contributed by atoms with Gasteiger partial charge in [0.05, 0.1) is 0 Å². The maximum Gasteiger partial charge on any atom is 0.231 e. The van der Waals surface area contributed by atoms with Crippen molar-refractivity contribution in [1.82, 2.24) is 0 Å². The molecule has 4 nitrogen and oxygen atoms in total. The van der Waals surface area contributed by atoms with E-state index in [4.69, 9.17) is 20.4 Å². The van der Waals surface area contributed by atoms with Gasteiger partial charge in [0.1, 0.15) is 0 Å². The summed E-state index contributed by atoms with van der Waals surface area (Å²) < 4.78 is 0. The van der Waals surface area contributed by atoms with Crippen LogP contribution in [0.1, 0.15) is 0 Å². The fourth-order valence-electron chi connectivity index (χ4n) is 0. The van der Waals surface area contributed by atoms with Gasteiger partial charge in [-0.05, 0) is 0 Å². The minimum Gasteiger partial charge on any atom is -0.222 e. The van der Waals surface area contributed by atoms with Gasteiger partial charge in [-0.15, -0.1) is 5.73 Å². The molecule has 0 rings (SSSR count). The highest BCUT2D eigenvalue weighted by Crippen LogP contribution is 1.16. The van der Waals surface area contributed by atoms with Gasteiger partial charge in [-0.1, -0.05) is 13.2 Å². The average Bonchev–Trinajstić information content (AvgIpc) is 1.70. The molecular formula is C5H6N2O2. The van der Waals surface area contributed by atoms with Crippen molar-refractivity contribution in [3.8, 4) is 0 Å². The van der Waals surface area contributed by atoms with Crippen LogP contribution in [0.3, 0.4) is 0 Å². The van der Waals surface area contributed by atoms with E-state index in [1.807, 2.05) is 0 Å². The van der Waals surface area contributed by atoms with E-state index in [0.29, 0.717) is 0 Å². The number of rotatable bonds is 0. The van der Waals surface area contributed by atoms with Crippen LogP contribution in [0.5, 0.6) is 0 Å². The quantitative estimate of drug-likeness (QED) is 0.285. The molecule has 0 bridgehead atoms. The fourth-order valence-corrected chi connectivity index (χ4v) is 0. The Morgan fingerprint density at radius 3 is 1.00 bits per heavy atom. The lowest BCUT2D eigenvalue weighted by Gasteiger charge is -1.10. The highest BCUT2D eigenvalue weighted by atomic mass is 16.1. The van der Waals surface area contributed by atoms with Crippen molar-refractivity contribution in [3.63, 3.8) is 0 Å². The topological polar surface area (TPSA) is 81.8 Å². The molecule has 4 heteroatoms. The van der Waals surface area contributed by atoms with E-state index in [9.17, 15) is 0 Å². The summed E-state index contributed by atoms with van der Waals surface area (Å²) in [5.74, 6) is 0. The lowest BCUT2D eigenvalue weighted by Crippen LogP contribution is -1.16. The van der Waals surface area contributed by atoms with Gasteiger partial charge in [-0.3, -0.25) is 0 Å². The van der Waals surface area contributed by atoms with E-state index in [0.717, 1.165) is 12.2 Å². The maximum absolute atomic E-state index is 8.35. The summed E-state index contributed by atoms with van der Waals surface area (Å²) in [5, 5.41) is 10.8. The van der Waals surface area contributed by atoms with Gasteiger partial charge in [0.15, 0.2) is 0 Å². The Balaban J connectivity index is -0.0000000600. The molecule has 2 N–H and O–H groups in total. The second-order valence-corrected chi connectivity index (χ2v) is 0.454. The number of hydrogen-bond donors (Lipinski definition) is 2. The third-order valence-electron chi connectivity index (χ3n) is 0. The minimum atomic E-state index is 0.750. The molecule has 48 valence electrons. The Kier molecular flexibility index (Phi) is 186. The van der Waals surface area contributed by atoms with Gasteiger partial charge >= 0.3 is 0 Å². The van der Waals surface area contributed by atoms with Gasteiger partial charge in [0.2, 0.25) is 12.2 Å². The first-order valence-corrected chi connectivity index (χ1v) is 1.62. The second-order valence-electron chi connectivity index (χ2n) is 0.454. The molecule has 0 spiro atoms. The van der Waals surface area contributed by atoms with Crippen LogP contribution in [0.15, 0.2) is 18.9 Å². The molecule has 0 aromatic heterocycles. The first-order chi connectivity index (χ1) is 4.24. The largest absolute Gasteiger partial charge is 0.231 e. The Labute approximate surface area is 52.5 Å². The minimum absolute atomic E-state index is 0.750. The summed E-state index contributed by atoms with van der Waals surface area (Å²) in [6.45, 7) is 6.25. The van der Waals surface area contributed by atoms with Crippen LogP contribution >= 0.6 is 0 Å². The standard InChI is InChI=1S/C3H4.2CHNO/c1-3-2;2*2-1-3/h1-2H2;2*2H. The van der Waals surface area contributed by atoms with Crippen molar-refractivity contribution in [3.05, 3.63) is 18.9 Å². The molecular weight excluding hydrogens is 120 g/mol. The van der Waals surface area contributed by atoms with Crippen molar-refractivity contribution >= 4 is 12.2 Å². The zero-order valence-electron chi connectivity index (χ0n) is 4.73. The SMILES string of the molecule is C=C=C.N=C=O.N=C=O. The van der Waals surface area contributed by atoms with Crippen LogP contribution in [0, 0.1) is 10.8 Å². The molecule has 0 radical (unpaired) electrons. The molecule has 0 unspecified atom stereocenters. The van der Waals surface area contributed by atoms with Crippen molar-refractivity contribution in [2.45, 2.75) is 0 Å². The maximum atomic E-state index is 8.35. The molecule has 0 aliphatic carbocycles. The molecule has 0 aliphatic heterocycles. The van der Waals surface area contributed by atoms with Crippen LogP contribution in [0.4, 0.5) is 0 Å². The van der Waals surface area contributed by atoms with Crippen molar-refractivity contribution in [2.24, 2.45) is 0 Å². The predicted octanol–water partition coefficient (Wildman–Crippen LogP) is 0.759. The Hall–Kier alpha value is -1.72. The number of isocyanates is 2. The average molecular weight is 126 g/mol. The molecule has 0 saturated heterocycles. The fraction of sp³-hybridized carbons (Fsp3) is 0. The number of nitrogens with one attached hydrogen (secondary N) is 2. The first kappa shape index (κ1) is 15.7. The van der Waals surface area contributed by atoms with E-state index < -0.39 is 0 Å². The van der Waals surface area contributed by atoms with E-state index in [1.54, 1.807) is 0 Å². The normalized spacial score (nSPS) is 2.67. The van der Waals surface area contributed by atoms with Crippen LogP contribution in [-0.4, -0.2) is 12.2 Å². The van der Waals surface area contributed by atoms with Crippen LogP contribution in [-0.2, 0) is 9.59 Å². The Bertz CT molecular complexity index is 105. The van der Waals surface area contributed by atoms with E-state index in [-0.39, 0.29) is 0 Å². The summed E-state index contributed by atoms with van der Waals surface area (Å²) >= 11 is 0. The highest BCUT2D eigenvalue weighted by molar-refractivity contribution is 5.26. The van der Waals surface area contributed by atoms with E-state index in [1.165, 1.54) is 0 Å². The highest BCUT2D eigenvalue weighted by Gasteiger charge is 1.04. The molecule has 0 amide bonds.